The molecule has 1 fully saturated rings. The van der Waals surface area contributed by atoms with Gasteiger partial charge in [-0.1, -0.05) is 11.6 Å². The van der Waals surface area contributed by atoms with Gasteiger partial charge >= 0.3 is 0 Å². The molecular weight excluding hydrogens is 463 g/mol. The molecule has 1 aliphatic rings. The first-order valence-corrected chi connectivity index (χ1v) is 11.5. The highest BCUT2D eigenvalue weighted by Gasteiger charge is 2.25. The number of aliphatic hydroxyl groups excluding tert-OH is 1. The van der Waals surface area contributed by atoms with E-state index in [0.717, 1.165) is 31.1 Å². The molecule has 0 aliphatic heterocycles. The summed E-state index contributed by atoms with van der Waals surface area (Å²) in [6, 6.07) is 8.27. The lowest BCUT2D eigenvalue weighted by atomic mass is 9.93. The zero-order chi connectivity index (χ0) is 24.1. The van der Waals surface area contributed by atoms with Crippen LogP contribution in [0.1, 0.15) is 25.7 Å². The fourth-order valence-electron chi connectivity index (χ4n) is 4.13. The van der Waals surface area contributed by atoms with Crippen LogP contribution in [0.15, 0.2) is 36.7 Å². The predicted molar refractivity (Wildman–Crippen MR) is 128 cm³/mol. The highest BCUT2D eigenvalue weighted by molar-refractivity contribution is 6.31. The number of aromatic nitrogens is 2. The fraction of sp³-hybridized carbons (Fsp3) is 0.417. The molecule has 1 atom stereocenters. The predicted octanol–water partition coefficient (Wildman–Crippen LogP) is 4.42. The first-order chi connectivity index (χ1) is 16.5. The molecule has 4 rings (SSSR count). The van der Waals surface area contributed by atoms with Crippen molar-refractivity contribution in [3.63, 3.8) is 0 Å². The van der Waals surface area contributed by atoms with Crippen molar-refractivity contribution in [1.82, 2.24) is 15.3 Å². The number of benzene rings is 2. The number of ether oxygens (including phenoxy) is 3. The van der Waals surface area contributed by atoms with Crippen LogP contribution < -0.4 is 20.1 Å². The van der Waals surface area contributed by atoms with Gasteiger partial charge in [0, 0.05) is 30.3 Å². The lowest BCUT2D eigenvalue weighted by Crippen LogP contribution is -2.43. The third-order valence-electron chi connectivity index (χ3n) is 5.82. The van der Waals surface area contributed by atoms with Crippen molar-refractivity contribution < 1.29 is 23.7 Å². The van der Waals surface area contributed by atoms with Gasteiger partial charge in [-0.2, -0.15) is 0 Å². The van der Waals surface area contributed by atoms with Gasteiger partial charge in [0.1, 0.15) is 24.2 Å². The molecule has 182 valence electrons. The lowest BCUT2D eigenvalue weighted by Gasteiger charge is -2.31. The van der Waals surface area contributed by atoms with E-state index in [1.165, 1.54) is 18.5 Å². The number of nitrogens with zero attached hydrogens (tertiary/aromatic N) is 2. The quantitative estimate of drug-likeness (QED) is 0.379. The summed E-state index contributed by atoms with van der Waals surface area (Å²) >= 11 is 5.92. The molecule has 0 spiro atoms. The standard InChI is InChI=1S/C24H28ClFN4O4/c1-32-12-23(31)29-14-3-6-16(7-4-14)34-22-10-17-20(11-21(22)33-2)27-13-28-24(17)30-15-5-8-19(26)18(25)9-15/h5,8-11,13-14,16,23,29,31H,3-4,6-7,12H2,1-2H3,(H,27,28,30). The summed E-state index contributed by atoms with van der Waals surface area (Å²) in [6.07, 6.45) is 4.22. The van der Waals surface area contributed by atoms with E-state index in [1.54, 1.807) is 20.3 Å². The summed E-state index contributed by atoms with van der Waals surface area (Å²) in [5.41, 5.74) is 1.28. The van der Waals surface area contributed by atoms with Crippen LogP contribution in [0.3, 0.4) is 0 Å². The van der Waals surface area contributed by atoms with Gasteiger partial charge < -0.3 is 24.6 Å². The van der Waals surface area contributed by atoms with Gasteiger partial charge in [0.05, 0.1) is 30.4 Å². The van der Waals surface area contributed by atoms with Crippen LogP contribution >= 0.6 is 11.6 Å². The van der Waals surface area contributed by atoms with Gasteiger partial charge in [0.2, 0.25) is 0 Å². The largest absolute Gasteiger partial charge is 0.493 e. The fourth-order valence-corrected chi connectivity index (χ4v) is 4.31. The Morgan fingerprint density at radius 3 is 2.62 bits per heavy atom. The minimum Gasteiger partial charge on any atom is -0.493 e. The van der Waals surface area contributed by atoms with Gasteiger partial charge in [-0.25, -0.2) is 14.4 Å². The average molecular weight is 491 g/mol. The molecule has 3 aromatic rings. The summed E-state index contributed by atoms with van der Waals surface area (Å²) < 4.78 is 30.4. The molecule has 8 nitrogen and oxygen atoms in total. The third-order valence-corrected chi connectivity index (χ3v) is 6.11. The molecule has 1 saturated carbocycles. The monoisotopic (exact) mass is 490 g/mol. The molecule has 0 radical (unpaired) electrons. The van der Waals surface area contributed by atoms with Crippen molar-refractivity contribution >= 4 is 34.0 Å². The van der Waals surface area contributed by atoms with E-state index in [0.29, 0.717) is 28.5 Å². The van der Waals surface area contributed by atoms with Crippen molar-refractivity contribution in [3.8, 4) is 11.5 Å². The van der Waals surface area contributed by atoms with E-state index in [1.807, 2.05) is 12.1 Å². The highest BCUT2D eigenvalue weighted by atomic mass is 35.5. The summed E-state index contributed by atoms with van der Waals surface area (Å²) in [5, 5.41) is 17.0. The summed E-state index contributed by atoms with van der Waals surface area (Å²) in [7, 11) is 3.15. The molecule has 0 saturated heterocycles. The van der Waals surface area contributed by atoms with Crippen molar-refractivity contribution in [1.29, 1.82) is 0 Å². The maximum Gasteiger partial charge on any atom is 0.162 e. The van der Waals surface area contributed by atoms with Crippen LogP contribution in [-0.4, -0.2) is 54.3 Å². The summed E-state index contributed by atoms with van der Waals surface area (Å²) in [4.78, 5) is 8.70. The molecule has 1 heterocycles. The second kappa shape index (κ2) is 11.1. The Morgan fingerprint density at radius 1 is 1.12 bits per heavy atom. The SMILES string of the molecule is COCC(O)NC1CCC(Oc2cc3c(Nc4ccc(F)c(Cl)c4)ncnc3cc2OC)CC1. The third kappa shape index (κ3) is 5.85. The van der Waals surface area contributed by atoms with E-state index in [2.05, 4.69) is 20.6 Å². The zero-order valence-corrected chi connectivity index (χ0v) is 19.8. The van der Waals surface area contributed by atoms with E-state index >= 15 is 0 Å². The minimum atomic E-state index is -0.671. The number of hydrogen-bond donors (Lipinski definition) is 3. The Hall–Kier alpha value is -2.72. The van der Waals surface area contributed by atoms with Crippen LogP contribution in [0.2, 0.25) is 5.02 Å². The summed E-state index contributed by atoms with van der Waals surface area (Å²) in [5.74, 6) is 1.23. The molecule has 2 aromatic carbocycles. The van der Waals surface area contributed by atoms with E-state index in [4.69, 9.17) is 25.8 Å². The Bertz CT molecular complexity index is 1130. The lowest BCUT2D eigenvalue weighted by molar-refractivity contribution is 0.0253. The van der Waals surface area contributed by atoms with E-state index in [9.17, 15) is 9.50 Å². The number of nitrogens with one attached hydrogen (secondary N) is 2. The van der Waals surface area contributed by atoms with Crippen molar-refractivity contribution in [2.24, 2.45) is 0 Å². The molecule has 0 bridgehead atoms. The Morgan fingerprint density at radius 2 is 1.91 bits per heavy atom. The van der Waals surface area contributed by atoms with Crippen LogP contribution in [0.5, 0.6) is 11.5 Å². The molecular formula is C24H28ClFN4O4. The minimum absolute atomic E-state index is 0.0147. The molecule has 1 aromatic heterocycles. The maximum absolute atomic E-state index is 13.5. The number of methoxy groups -OCH3 is 2. The van der Waals surface area contributed by atoms with Gasteiger partial charge in [-0.15, -0.1) is 0 Å². The van der Waals surface area contributed by atoms with Crippen molar-refractivity contribution in [3.05, 3.63) is 47.5 Å². The van der Waals surface area contributed by atoms with Crippen LogP contribution in [0.4, 0.5) is 15.9 Å². The maximum atomic E-state index is 13.5. The smallest absolute Gasteiger partial charge is 0.162 e. The number of halogens is 2. The number of fused-ring (bicyclic) bond motifs is 1. The van der Waals surface area contributed by atoms with Crippen LogP contribution in [0, 0.1) is 5.82 Å². The van der Waals surface area contributed by atoms with E-state index in [-0.39, 0.29) is 23.8 Å². The van der Waals surface area contributed by atoms with Crippen molar-refractivity contribution in [2.45, 2.75) is 44.1 Å². The van der Waals surface area contributed by atoms with Crippen molar-refractivity contribution in [2.75, 3.05) is 26.1 Å². The molecule has 3 N–H and O–H groups in total. The second-order valence-electron chi connectivity index (χ2n) is 8.23. The van der Waals surface area contributed by atoms with Gasteiger partial charge in [-0.05, 0) is 49.9 Å². The highest BCUT2D eigenvalue weighted by Crippen LogP contribution is 2.37. The normalized spacial score (nSPS) is 19.1. The van der Waals surface area contributed by atoms with E-state index < -0.39 is 12.0 Å². The molecule has 0 amide bonds. The van der Waals surface area contributed by atoms with Gasteiger partial charge in [-0.3, -0.25) is 5.32 Å². The molecule has 10 heteroatoms. The number of anilines is 2. The first-order valence-electron chi connectivity index (χ1n) is 11.1. The molecule has 1 aliphatic carbocycles. The topological polar surface area (TPSA) is 97.8 Å². The average Bonchev–Trinajstić information content (AvgIpc) is 2.83. The molecule has 1 unspecified atom stereocenters. The van der Waals surface area contributed by atoms with Gasteiger partial charge in [0.25, 0.3) is 0 Å². The second-order valence-corrected chi connectivity index (χ2v) is 8.63. The molecule has 34 heavy (non-hydrogen) atoms. The van der Waals surface area contributed by atoms with Gasteiger partial charge in [0.15, 0.2) is 11.5 Å². The Labute approximate surface area is 202 Å². The first kappa shape index (κ1) is 24.4. The zero-order valence-electron chi connectivity index (χ0n) is 19.1. The Kier molecular flexibility index (Phi) is 7.99. The van der Waals surface area contributed by atoms with Crippen LogP contribution in [0.25, 0.3) is 10.9 Å². The number of rotatable bonds is 9. The Balaban J connectivity index is 1.51. The van der Waals surface area contributed by atoms with Crippen LogP contribution in [-0.2, 0) is 4.74 Å². The number of aliphatic hydroxyl groups is 1. The summed E-state index contributed by atoms with van der Waals surface area (Å²) in [6.45, 7) is 0.257. The number of hydrogen-bond acceptors (Lipinski definition) is 8.